The second-order valence-electron chi connectivity index (χ2n) is 3.91. The Bertz CT molecular complexity index is 617. The molecule has 0 atom stereocenters. The van der Waals surface area contributed by atoms with Crippen LogP contribution in [0.4, 0.5) is 5.69 Å². The molecule has 1 amide bonds. The van der Waals surface area contributed by atoms with Crippen LogP contribution in [0.1, 0.15) is 12.5 Å². The number of aromatic nitrogens is 2. The van der Waals surface area contributed by atoms with Gasteiger partial charge in [-0.2, -0.15) is 4.98 Å². The van der Waals surface area contributed by atoms with Crippen molar-refractivity contribution in [1.29, 1.82) is 0 Å². The van der Waals surface area contributed by atoms with Gasteiger partial charge in [0.15, 0.2) is 5.75 Å². The van der Waals surface area contributed by atoms with Crippen LogP contribution < -0.4 is 10.1 Å². The zero-order chi connectivity index (χ0) is 13.8. The number of ether oxygens (including phenoxy) is 1. The molecule has 98 valence electrons. The molecule has 1 heterocycles. The predicted octanol–water partition coefficient (Wildman–Crippen LogP) is 3.19. The van der Waals surface area contributed by atoms with Crippen molar-refractivity contribution in [2.45, 2.75) is 13.8 Å². The largest absolute Gasteiger partial charge is 0.436 e. The fourth-order valence-corrected chi connectivity index (χ4v) is 1.59. The van der Waals surface area contributed by atoms with Crippen LogP contribution in [-0.4, -0.2) is 15.9 Å². The predicted molar refractivity (Wildman–Crippen MR) is 72.6 cm³/mol. The summed E-state index contributed by atoms with van der Waals surface area (Å²) in [5.74, 6) is 0.682. The minimum Gasteiger partial charge on any atom is -0.436 e. The minimum atomic E-state index is -0.173. The number of carbonyl (C=O) groups is 1. The topological polar surface area (TPSA) is 64.1 Å². The Morgan fingerprint density at radius 3 is 2.84 bits per heavy atom. The van der Waals surface area contributed by atoms with Gasteiger partial charge < -0.3 is 10.1 Å². The lowest BCUT2D eigenvalue weighted by Gasteiger charge is -2.11. The number of amides is 1. The molecule has 0 saturated carbocycles. The maximum absolute atomic E-state index is 11.1. The normalized spacial score (nSPS) is 10.1. The van der Waals surface area contributed by atoms with Crippen molar-refractivity contribution in [1.82, 2.24) is 9.97 Å². The molecule has 2 aromatic rings. The summed E-state index contributed by atoms with van der Waals surface area (Å²) in [5.41, 5.74) is 1.33. The quantitative estimate of drug-likeness (QED) is 0.875. The van der Waals surface area contributed by atoms with Gasteiger partial charge in [-0.3, -0.25) is 4.79 Å². The summed E-state index contributed by atoms with van der Waals surface area (Å²) in [6, 6.07) is 7.09. The van der Waals surface area contributed by atoms with E-state index < -0.39 is 0 Å². The molecule has 0 bridgehead atoms. The maximum atomic E-state index is 11.1. The number of anilines is 1. The summed E-state index contributed by atoms with van der Waals surface area (Å²) in [7, 11) is 0. The Hall–Kier alpha value is -2.14. The number of benzene rings is 1. The molecule has 0 unspecified atom stereocenters. The van der Waals surface area contributed by atoms with Crippen molar-refractivity contribution in [2.24, 2.45) is 0 Å². The zero-order valence-corrected chi connectivity index (χ0v) is 11.2. The highest BCUT2D eigenvalue weighted by Gasteiger charge is 2.09. The second-order valence-corrected chi connectivity index (χ2v) is 4.24. The molecule has 5 nitrogen and oxygen atoms in total. The minimum absolute atomic E-state index is 0.109. The van der Waals surface area contributed by atoms with Crippen LogP contribution in [0.15, 0.2) is 30.5 Å². The van der Waals surface area contributed by atoms with Gasteiger partial charge in [0.25, 0.3) is 0 Å². The second kappa shape index (κ2) is 5.67. The lowest BCUT2D eigenvalue weighted by atomic mass is 10.3. The van der Waals surface area contributed by atoms with Gasteiger partial charge in [-0.25, -0.2) is 4.98 Å². The molecule has 6 heteroatoms. The number of rotatable bonds is 3. The van der Waals surface area contributed by atoms with Gasteiger partial charge in [0.2, 0.25) is 17.1 Å². The standard InChI is InChI=1S/C13H12ClN3O2/c1-8-7-15-13(14)17-12(8)19-11-6-4-3-5-10(11)16-9(2)18/h3-7H,1-2H3,(H,16,18). The van der Waals surface area contributed by atoms with Crippen LogP contribution >= 0.6 is 11.6 Å². The summed E-state index contributed by atoms with van der Waals surface area (Å²) >= 11 is 5.74. The molecule has 0 aliphatic heterocycles. The number of halogens is 1. The molecule has 1 aromatic carbocycles. The summed E-state index contributed by atoms with van der Waals surface area (Å²) in [6.45, 7) is 3.25. The SMILES string of the molecule is CC(=O)Nc1ccccc1Oc1nc(Cl)ncc1C. The van der Waals surface area contributed by atoms with E-state index in [0.717, 1.165) is 5.56 Å². The zero-order valence-electron chi connectivity index (χ0n) is 10.5. The molecule has 0 saturated heterocycles. The molecular formula is C13H12ClN3O2. The average molecular weight is 278 g/mol. The van der Waals surface area contributed by atoms with Crippen molar-refractivity contribution in [2.75, 3.05) is 5.32 Å². The molecule has 0 spiro atoms. The van der Waals surface area contributed by atoms with E-state index in [1.165, 1.54) is 6.92 Å². The van der Waals surface area contributed by atoms with E-state index in [1.807, 2.05) is 6.92 Å². The summed E-state index contributed by atoms with van der Waals surface area (Å²) < 4.78 is 5.67. The molecule has 1 N–H and O–H groups in total. The smallest absolute Gasteiger partial charge is 0.226 e. The first kappa shape index (κ1) is 13.3. The van der Waals surface area contributed by atoms with Crippen LogP contribution in [0, 0.1) is 6.92 Å². The van der Waals surface area contributed by atoms with E-state index in [2.05, 4.69) is 15.3 Å². The van der Waals surface area contributed by atoms with Gasteiger partial charge in [-0.1, -0.05) is 12.1 Å². The van der Waals surface area contributed by atoms with E-state index in [4.69, 9.17) is 16.3 Å². The molecule has 0 aliphatic carbocycles. The van der Waals surface area contributed by atoms with Crippen LogP contribution in [0.2, 0.25) is 5.28 Å². The molecular weight excluding hydrogens is 266 g/mol. The van der Waals surface area contributed by atoms with E-state index in [-0.39, 0.29) is 11.2 Å². The van der Waals surface area contributed by atoms with Crippen LogP contribution in [0.3, 0.4) is 0 Å². The number of aryl methyl sites for hydroxylation is 1. The Morgan fingerprint density at radius 1 is 1.37 bits per heavy atom. The number of hydrogen-bond acceptors (Lipinski definition) is 4. The summed E-state index contributed by atoms with van der Waals surface area (Å²) in [4.78, 5) is 19.0. The van der Waals surface area contributed by atoms with Crippen LogP contribution in [0.25, 0.3) is 0 Å². The number of nitrogens with one attached hydrogen (secondary N) is 1. The van der Waals surface area contributed by atoms with Crippen molar-refractivity contribution < 1.29 is 9.53 Å². The van der Waals surface area contributed by atoms with E-state index in [1.54, 1.807) is 30.5 Å². The monoisotopic (exact) mass is 277 g/mol. The Kier molecular flexibility index (Phi) is 3.97. The van der Waals surface area contributed by atoms with Crippen molar-refractivity contribution in [3.63, 3.8) is 0 Å². The van der Waals surface area contributed by atoms with Crippen molar-refractivity contribution >= 4 is 23.2 Å². The van der Waals surface area contributed by atoms with Crippen LogP contribution in [-0.2, 0) is 4.79 Å². The maximum Gasteiger partial charge on any atom is 0.226 e. The van der Waals surface area contributed by atoms with E-state index in [0.29, 0.717) is 17.3 Å². The summed E-state index contributed by atoms with van der Waals surface area (Å²) in [5, 5.41) is 2.80. The van der Waals surface area contributed by atoms with Gasteiger partial charge in [-0.05, 0) is 30.7 Å². The first-order valence-corrected chi connectivity index (χ1v) is 5.97. The van der Waals surface area contributed by atoms with Gasteiger partial charge >= 0.3 is 0 Å². The van der Waals surface area contributed by atoms with Gasteiger partial charge in [-0.15, -0.1) is 0 Å². The molecule has 1 aromatic heterocycles. The third-order valence-electron chi connectivity index (χ3n) is 2.30. The van der Waals surface area contributed by atoms with E-state index in [9.17, 15) is 4.79 Å². The number of nitrogens with zero attached hydrogens (tertiary/aromatic N) is 2. The third kappa shape index (κ3) is 3.42. The first-order chi connectivity index (χ1) is 9.06. The average Bonchev–Trinajstić information content (AvgIpc) is 2.35. The first-order valence-electron chi connectivity index (χ1n) is 5.60. The number of hydrogen-bond donors (Lipinski definition) is 1. The van der Waals surface area contributed by atoms with Crippen molar-refractivity contribution in [3.8, 4) is 11.6 Å². The molecule has 0 fully saturated rings. The fourth-order valence-electron chi connectivity index (χ4n) is 1.46. The highest BCUT2D eigenvalue weighted by molar-refractivity contribution is 6.28. The Balaban J connectivity index is 2.32. The number of para-hydroxylation sites is 2. The Labute approximate surface area is 115 Å². The summed E-state index contributed by atoms with van der Waals surface area (Å²) in [6.07, 6.45) is 1.58. The van der Waals surface area contributed by atoms with E-state index >= 15 is 0 Å². The van der Waals surface area contributed by atoms with Gasteiger partial charge in [0.05, 0.1) is 5.69 Å². The fraction of sp³-hybridized carbons (Fsp3) is 0.154. The third-order valence-corrected chi connectivity index (χ3v) is 2.48. The molecule has 2 rings (SSSR count). The molecule has 19 heavy (non-hydrogen) atoms. The number of carbonyl (C=O) groups excluding carboxylic acids is 1. The highest BCUT2D eigenvalue weighted by atomic mass is 35.5. The Morgan fingerprint density at radius 2 is 2.11 bits per heavy atom. The molecule has 0 radical (unpaired) electrons. The van der Waals surface area contributed by atoms with Gasteiger partial charge in [0, 0.05) is 18.7 Å². The van der Waals surface area contributed by atoms with Crippen molar-refractivity contribution in [3.05, 3.63) is 41.3 Å². The lowest BCUT2D eigenvalue weighted by molar-refractivity contribution is -0.114. The molecule has 0 aliphatic rings. The highest BCUT2D eigenvalue weighted by Crippen LogP contribution is 2.30. The lowest BCUT2D eigenvalue weighted by Crippen LogP contribution is -2.07. The van der Waals surface area contributed by atoms with Crippen LogP contribution in [0.5, 0.6) is 11.6 Å². The van der Waals surface area contributed by atoms with Gasteiger partial charge in [0.1, 0.15) is 0 Å².